The molecule has 1 aromatic rings. The van der Waals surface area contributed by atoms with Crippen molar-refractivity contribution in [1.29, 1.82) is 0 Å². The second-order valence-electron chi connectivity index (χ2n) is 7.43. The normalized spacial score (nSPS) is 13.6. The summed E-state index contributed by atoms with van der Waals surface area (Å²) in [5.74, 6) is 0.146. The van der Waals surface area contributed by atoms with Gasteiger partial charge in [-0.1, -0.05) is 13.8 Å². The predicted molar refractivity (Wildman–Crippen MR) is 109 cm³/mol. The summed E-state index contributed by atoms with van der Waals surface area (Å²) < 4.78 is 4.88. The van der Waals surface area contributed by atoms with Crippen LogP contribution in [0.5, 0.6) is 0 Å². The van der Waals surface area contributed by atoms with Crippen molar-refractivity contribution in [1.82, 2.24) is 4.90 Å². The molecule has 0 unspecified atom stereocenters. The Labute approximate surface area is 162 Å². The number of ether oxygens (including phenoxy) is 1. The van der Waals surface area contributed by atoms with Gasteiger partial charge in [-0.05, 0) is 49.4 Å². The number of methoxy groups -OCH3 is 1. The summed E-state index contributed by atoms with van der Waals surface area (Å²) in [6.07, 6.45) is 3.89. The van der Waals surface area contributed by atoms with E-state index in [-0.39, 0.29) is 24.3 Å². The van der Waals surface area contributed by atoms with E-state index < -0.39 is 0 Å². The van der Waals surface area contributed by atoms with Crippen LogP contribution in [0.25, 0.3) is 0 Å². The molecule has 0 spiro atoms. The van der Waals surface area contributed by atoms with Crippen molar-refractivity contribution < 1.29 is 14.3 Å². The highest BCUT2D eigenvalue weighted by atomic mass is 16.5. The number of rotatable bonds is 10. The van der Waals surface area contributed by atoms with Crippen LogP contribution >= 0.6 is 0 Å². The van der Waals surface area contributed by atoms with Crippen LogP contribution in [0.15, 0.2) is 18.2 Å². The van der Waals surface area contributed by atoms with Crippen LogP contribution in [-0.4, -0.2) is 50.6 Å². The maximum Gasteiger partial charge on any atom is 0.250 e. The lowest BCUT2D eigenvalue weighted by molar-refractivity contribution is -0.137. The van der Waals surface area contributed by atoms with Crippen molar-refractivity contribution in [2.45, 2.75) is 52.1 Å². The Morgan fingerprint density at radius 1 is 1.22 bits per heavy atom. The number of nitrogens with zero attached hydrogens (tertiary/aromatic N) is 2. The summed E-state index contributed by atoms with van der Waals surface area (Å²) in [6.45, 7) is 4.75. The van der Waals surface area contributed by atoms with Crippen LogP contribution in [-0.2, 0) is 20.9 Å². The fourth-order valence-electron chi connectivity index (χ4n) is 3.38. The average molecular weight is 376 g/mol. The first-order valence-corrected chi connectivity index (χ1v) is 9.80. The minimum absolute atomic E-state index is 0.0200. The summed E-state index contributed by atoms with van der Waals surface area (Å²) in [4.78, 5) is 29.0. The number of carbonyl (C=O) groups excluding carboxylic acids is 2. The van der Waals surface area contributed by atoms with Crippen LogP contribution in [0.2, 0.25) is 0 Å². The first-order valence-electron chi connectivity index (χ1n) is 9.80. The fraction of sp³-hybridized carbons (Fsp3) is 0.619. The number of amides is 2. The summed E-state index contributed by atoms with van der Waals surface area (Å²) in [7, 11) is 5.48. The van der Waals surface area contributed by atoms with Crippen molar-refractivity contribution in [3.63, 3.8) is 0 Å². The standard InChI is InChI=1S/C21H33N3O3/c1-6-15(7-2)21(26)24(18-9-10-18)13-16-12-17(22-20(25)14-27-5)8-11-19(16)23(3)4/h8,11-12,15,18H,6-7,9-10,13-14H2,1-5H3,(H,22,25). The van der Waals surface area contributed by atoms with Gasteiger partial charge in [0.1, 0.15) is 6.61 Å². The van der Waals surface area contributed by atoms with Crippen LogP contribution in [0.1, 0.15) is 45.1 Å². The van der Waals surface area contributed by atoms with Crippen LogP contribution in [0, 0.1) is 5.92 Å². The van der Waals surface area contributed by atoms with Gasteiger partial charge in [0.25, 0.3) is 0 Å². The molecule has 0 aromatic heterocycles. The van der Waals surface area contributed by atoms with Crippen molar-refractivity contribution in [3.05, 3.63) is 23.8 Å². The van der Waals surface area contributed by atoms with E-state index in [1.807, 2.05) is 42.1 Å². The lowest BCUT2D eigenvalue weighted by Crippen LogP contribution is -2.37. The number of benzene rings is 1. The molecular weight excluding hydrogens is 342 g/mol. The van der Waals surface area contributed by atoms with Gasteiger partial charge < -0.3 is 19.9 Å². The zero-order chi connectivity index (χ0) is 20.0. The Kier molecular flexibility index (Phi) is 7.66. The monoisotopic (exact) mass is 375 g/mol. The Hall–Kier alpha value is -2.08. The fourth-order valence-corrected chi connectivity index (χ4v) is 3.38. The molecule has 0 saturated heterocycles. The minimum atomic E-state index is -0.187. The molecule has 2 rings (SSSR count). The SMILES string of the molecule is CCC(CC)C(=O)N(Cc1cc(NC(=O)COC)ccc1N(C)C)C1CC1. The quantitative estimate of drug-likeness (QED) is 0.682. The first kappa shape index (κ1) is 21.2. The average Bonchev–Trinajstić information content (AvgIpc) is 3.45. The molecule has 0 aliphatic heterocycles. The number of nitrogens with one attached hydrogen (secondary N) is 1. The van der Waals surface area contributed by atoms with E-state index >= 15 is 0 Å². The molecule has 1 fully saturated rings. The molecule has 1 aromatic carbocycles. The molecule has 0 radical (unpaired) electrons. The number of carbonyl (C=O) groups is 2. The first-order chi connectivity index (χ1) is 12.9. The Bertz CT molecular complexity index is 652. The number of anilines is 2. The minimum Gasteiger partial charge on any atom is -0.377 e. The summed E-state index contributed by atoms with van der Waals surface area (Å²) in [5, 5.41) is 2.86. The lowest BCUT2D eigenvalue weighted by atomic mass is 10.0. The highest BCUT2D eigenvalue weighted by Crippen LogP contribution is 2.33. The van der Waals surface area contributed by atoms with Gasteiger partial charge in [-0.15, -0.1) is 0 Å². The summed E-state index contributed by atoms with van der Waals surface area (Å²) >= 11 is 0. The molecule has 6 heteroatoms. The third-order valence-corrected chi connectivity index (χ3v) is 5.07. The Morgan fingerprint density at radius 3 is 2.41 bits per heavy atom. The largest absolute Gasteiger partial charge is 0.377 e. The molecule has 150 valence electrons. The molecule has 0 atom stereocenters. The van der Waals surface area contributed by atoms with Crippen LogP contribution in [0.3, 0.4) is 0 Å². The highest BCUT2D eigenvalue weighted by molar-refractivity contribution is 5.92. The van der Waals surface area contributed by atoms with Crippen molar-refractivity contribution in [2.24, 2.45) is 5.92 Å². The molecule has 2 amide bonds. The zero-order valence-electron chi connectivity index (χ0n) is 17.2. The maximum absolute atomic E-state index is 13.0. The Morgan fingerprint density at radius 2 is 1.89 bits per heavy atom. The summed E-state index contributed by atoms with van der Waals surface area (Å²) in [6, 6.07) is 6.19. The van der Waals surface area contributed by atoms with Gasteiger partial charge in [0.05, 0.1) is 0 Å². The Balaban J connectivity index is 2.27. The van der Waals surface area contributed by atoms with Gasteiger partial charge in [-0.3, -0.25) is 9.59 Å². The van der Waals surface area contributed by atoms with Gasteiger partial charge in [0, 0.05) is 51.1 Å². The molecular formula is C21H33N3O3. The van der Waals surface area contributed by atoms with E-state index in [9.17, 15) is 9.59 Å². The van der Waals surface area contributed by atoms with E-state index in [4.69, 9.17) is 4.74 Å². The second kappa shape index (κ2) is 9.74. The molecule has 1 saturated carbocycles. The third-order valence-electron chi connectivity index (χ3n) is 5.07. The number of hydrogen-bond donors (Lipinski definition) is 1. The smallest absolute Gasteiger partial charge is 0.250 e. The van der Waals surface area contributed by atoms with Gasteiger partial charge in [-0.2, -0.15) is 0 Å². The summed E-state index contributed by atoms with van der Waals surface area (Å²) in [5.41, 5.74) is 2.83. The molecule has 0 bridgehead atoms. The van der Waals surface area contributed by atoms with E-state index in [0.29, 0.717) is 12.6 Å². The lowest BCUT2D eigenvalue weighted by Gasteiger charge is -2.29. The second-order valence-corrected chi connectivity index (χ2v) is 7.43. The maximum atomic E-state index is 13.0. The molecule has 1 N–H and O–H groups in total. The predicted octanol–water partition coefficient (Wildman–Crippen LogP) is 3.26. The van der Waals surface area contributed by atoms with Crippen LogP contribution in [0.4, 0.5) is 11.4 Å². The van der Waals surface area contributed by atoms with Crippen molar-refractivity contribution >= 4 is 23.2 Å². The van der Waals surface area contributed by atoms with Gasteiger partial charge in [0.2, 0.25) is 11.8 Å². The zero-order valence-corrected chi connectivity index (χ0v) is 17.2. The van der Waals surface area contributed by atoms with Crippen LogP contribution < -0.4 is 10.2 Å². The molecule has 1 aliphatic rings. The topological polar surface area (TPSA) is 61.9 Å². The van der Waals surface area contributed by atoms with E-state index in [1.54, 1.807) is 0 Å². The van der Waals surface area contributed by atoms with Gasteiger partial charge in [-0.25, -0.2) is 0 Å². The highest BCUT2D eigenvalue weighted by Gasteiger charge is 2.35. The third kappa shape index (κ3) is 5.70. The number of hydrogen-bond acceptors (Lipinski definition) is 4. The molecule has 6 nitrogen and oxygen atoms in total. The van der Waals surface area contributed by atoms with E-state index in [2.05, 4.69) is 19.2 Å². The molecule has 27 heavy (non-hydrogen) atoms. The van der Waals surface area contributed by atoms with E-state index in [0.717, 1.165) is 42.6 Å². The van der Waals surface area contributed by atoms with E-state index in [1.165, 1.54) is 7.11 Å². The molecule has 0 heterocycles. The van der Waals surface area contributed by atoms with Gasteiger partial charge in [0.15, 0.2) is 0 Å². The van der Waals surface area contributed by atoms with Crippen molar-refractivity contribution in [3.8, 4) is 0 Å². The molecule has 1 aliphatic carbocycles. The van der Waals surface area contributed by atoms with Gasteiger partial charge >= 0.3 is 0 Å². The van der Waals surface area contributed by atoms with Crippen molar-refractivity contribution in [2.75, 3.05) is 38.0 Å².